The van der Waals surface area contributed by atoms with Gasteiger partial charge in [-0.25, -0.2) is 0 Å². The zero-order chi connectivity index (χ0) is 17.1. The van der Waals surface area contributed by atoms with Gasteiger partial charge in [0.05, 0.1) is 21.3 Å². The first-order chi connectivity index (χ1) is 11.2. The van der Waals surface area contributed by atoms with Crippen LogP contribution in [0.5, 0.6) is 17.2 Å². The third-order valence-corrected chi connectivity index (χ3v) is 3.92. The highest BCUT2D eigenvalue weighted by atomic mass is 32.2. The van der Waals surface area contributed by atoms with Crippen LogP contribution in [0.15, 0.2) is 17.1 Å². The Bertz CT molecular complexity index is 484. The number of nitrogens with zero attached hydrogens (tertiary/aromatic N) is 1. The van der Waals surface area contributed by atoms with Crippen LogP contribution in [0.2, 0.25) is 0 Å². The lowest BCUT2D eigenvalue weighted by Crippen LogP contribution is -2.31. The van der Waals surface area contributed by atoms with Crippen molar-refractivity contribution in [2.24, 2.45) is 4.99 Å². The molecule has 0 atom stereocenters. The van der Waals surface area contributed by atoms with Gasteiger partial charge in [-0.3, -0.25) is 4.99 Å². The predicted molar refractivity (Wildman–Crippen MR) is 98.7 cm³/mol. The summed E-state index contributed by atoms with van der Waals surface area (Å²) >= 11 is 1.87. The molecule has 130 valence electrons. The number of hydrogen-bond donors (Lipinski definition) is 2. The highest BCUT2D eigenvalue weighted by Crippen LogP contribution is 2.39. The highest BCUT2D eigenvalue weighted by Gasteiger charge is 2.13. The van der Waals surface area contributed by atoms with Crippen LogP contribution in [0, 0.1) is 0 Å². The molecule has 0 amide bonds. The van der Waals surface area contributed by atoms with Crippen LogP contribution in [0.25, 0.3) is 0 Å². The minimum absolute atomic E-state index is 0.570. The quantitative estimate of drug-likeness (QED) is 0.409. The molecule has 0 aliphatic heterocycles. The molecular formula is C16H27N3O3S. The van der Waals surface area contributed by atoms with Gasteiger partial charge in [-0.05, 0) is 24.9 Å². The predicted octanol–water partition coefficient (Wildman–Crippen LogP) is 2.84. The molecule has 1 aromatic carbocycles. The molecule has 0 heterocycles. The molecule has 0 saturated heterocycles. The molecule has 0 bridgehead atoms. The van der Waals surface area contributed by atoms with Gasteiger partial charge in [-0.15, -0.1) is 0 Å². The molecule has 0 aliphatic rings. The van der Waals surface area contributed by atoms with E-state index in [2.05, 4.69) is 21.9 Å². The van der Waals surface area contributed by atoms with Crippen LogP contribution in [0.4, 0.5) is 5.69 Å². The van der Waals surface area contributed by atoms with Crippen LogP contribution >= 0.6 is 11.8 Å². The van der Waals surface area contributed by atoms with Crippen molar-refractivity contribution in [3.63, 3.8) is 0 Å². The number of hydrogen-bond acceptors (Lipinski definition) is 5. The van der Waals surface area contributed by atoms with E-state index in [9.17, 15) is 0 Å². The fraction of sp³-hybridized carbons (Fsp3) is 0.562. The molecule has 0 radical (unpaired) electrons. The van der Waals surface area contributed by atoms with Crippen molar-refractivity contribution >= 4 is 23.4 Å². The molecule has 1 rings (SSSR count). The van der Waals surface area contributed by atoms with E-state index >= 15 is 0 Å². The van der Waals surface area contributed by atoms with Crippen molar-refractivity contribution in [1.82, 2.24) is 5.32 Å². The van der Waals surface area contributed by atoms with Crippen LogP contribution in [-0.2, 0) is 0 Å². The van der Waals surface area contributed by atoms with Gasteiger partial charge >= 0.3 is 0 Å². The van der Waals surface area contributed by atoms with E-state index in [1.54, 1.807) is 28.4 Å². The van der Waals surface area contributed by atoms with E-state index in [1.165, 1.54) is 12.2 Å². The average molecular weight is 341 g/mol. The molecule has 0 fully saturated rings. The molecule has 6 nitrogen and oxygen atoms in total. The third-order valence-electron chi connectivity index (χ3n) is 3.22. The van der Waals surface area contributed by atoms with Crippen LogP contribution in [0.1, 0.15) is 12.8 Å². The maximum absolute atomic E-state index is 5.35. The summed E-state index contributed by atoms with van der Waals surface area (Å²) in [5.74, 6) is 3.67. The zero-order valence-corrected chi connectivity index (χ0v) is 15.4. The first-order valence-corrected chi connectivity index (χ1v) is 8.86. The minimum Gasteiger partial charge on any atom is -0.493 e. The third kappa shape index (κ3) is 6.09. The minimum atomic E-state index is 0.570. The molecule has 0 aliphatic carbocycles. The molecule has 0 saturated carbocycles. The van der Waals surface area contributed by atoms with Gasteiger partial charge in [0.25, 0.3) is 0 Å². The van der Waals surface area contributed by atoms with Crippen molar-refractivity contribution in [3.8, 4) is 17.2 Å². The Morgan fingerprint density at radius 2 is 1.74 bits per heavy atom. The zero-order valence-electron chi connectivity index (χ0n) is 14.6. The summed E-state index contributed by atoms with van der Waals surface area (Å²) < 4.78 is 16.0. The lowest BCUT2D eigenvalue weighted by molar-refractivity contribution is 0.324. The standard InChI is InChI=1S/C16H27N3O3S/c1-17-16(18-8-6-7-9-23-5)19-12-10-13(20-2)15(22-4)14(11-12)21-3/h10-11H,6-9H2,1-5H3,(H2,17,18,19). The van der Waals surface area contributed by atoms with Crippen molar-refractivity contribution < 1.29 is 14.2 Å². The average Bonchev–Trinajstić information content (AvgIpc) is 2.59. The van der Waals surface area contributed by atoms with Gasteiger partial charge in [0.15, 0.2) is 17.5 Å². The van der Waals surface area contributed by atoms with Gasteiger partial charge in [-0.1, -0.05) is 0 Å². The Morgan fingerprint density at radius 1 is 1.09 bits per heavy atom. The van der Waals surface area contributed by atoms with Gasteiger partial charge in [0.2, 0.25) is 5.75 Å². The van der Waals surface area contributed by atoms with E-state index in [0.29, 0.717) is 23.2 Å². The Balaban J connectivity index is 2.74. The first kappa shape index (κ1) is 19.3. The highest BCUT2D eigenvalue weighted by molar-refractivity contribution is 7.98. The molecule has 7 heteroatoms. The van der Waals surface area contributed by atoms with Crippen LogP contribution < -0.4 is 24.8 Å². The first-order valence-electron chi connectivity index (χ1n) is 7.46. The summed E-state index contributed by atoms with van der Waals surface area (Å²) in [6.07, 6.45) is 4.42. The van der Waals surface area contributed by atoms with Gasteiger partial charge < -0.3 is 24.8 Å². The number of rotatable bonds is 9. The van der Waals surface area contributed by atoms with Crippen molar-refractivity contribution in [1.29, 1.82) is 0 Å². The van der Waals surface area contributed by atoms with Crippen LogP contribution in [-0.4, -0.2) is 52.9 Å². The Labute approximate surface area is 143 Å². The van der Waals surface area contributed by atoms with Gasteiger partial charge in [0, 0.05) is 31.4 Å². The number of methoxy groups -OCH3 is 3. The van der Waals surface area contributed by atoms with Gasteiger partial charge in [0.1, 0.15) is 0 Å². The summed E-state index contributed by atoms with van der Waals surface area (Å²) in [5.41, 5.74) is 0.816. The van der Waals surface area contributed by atoms with Crippen LogP contribution in [0.3, 0.4) is 0 Å². The second-order valence-electron chi connectivity index (χ2n) is 4.74. The second-order valence-corrected chi connectivity index (χ2v) is 5.72. The van der Waals surface area contributed by atoms with E-state index in [-0.39, 0.29) is 0 Å². The Kier molecular flexibility index (Phi) is 9.12. The molecule has 0 aromatic heterocycles. The second kappa shape index (κ2) is 10.9. The van der Waals surface area contributed by atoms with Gasteiger partial charge in [-0.2, -0.15) is 11.8 Å². The number of benzene rings is 1. The molecular weight excluding hydrogens is 314 g/mol. The van der Waals surface area contributed by atoms with Crippen molar-refractivity contribution in [2.75, 3.05) is 52.2 Å². The fourth-order valence-electron chi connectivity index (χ4n) is 2.05. The summed E-state index contributed by atoms with van der Waals surface area (Å²) in [6, 6.07) is 3.70. The molecule has 23 heavy (non-hydrogen) atoms. The SMILES string of the molecule is CN=C(NCCCCSC)Nc1cc(OC)c(OC)c(OC)c1. The summed E-state index contributed by atoms with van der Waals surface area (Å²) in [7, 11) is 6.53. The fourth-order valence-corrected chi connectivity index (χ4v) is 2.54. The number of anilines is 1. The number of unbranched alkanes of at least 4 members (excludes halogenated alkanes) is 1. The van der Waals surface area contributed by atoms with E-state index in [4.69, 9.17) is 14.2 Å². The summed E-state index contributed by atoms with van der Waals surface area (Å²) in [4.78, 5) is 4.23. The van der Waals surface area contributed by atoms with E-state index in [1.807, 2.05) is 23.9 Å². The summed E-state index contributed by atoms with van der Waals surface area (Å²) in [5, 5.41) is 6.54. The van der Waals surface area contributed by atoms with Crippen molar-refractivity contribution in [2.45, 2.75) is 12.8 Å². The van der Waals surface area contributed by atoms with E-state index < -0.39 is 0 Å². The number of ether oxygens (including phenoxy) is 3. The molecule has 0 unspecified atom stereocenters. The summed E-state index contributed by atoms with van der Waals surface area (Å²) in [6.45, 7) is 0.880. The molecule has 2 N–H and O–H groups in total. The van der Waals surface area contributed by atoms with E-state index in [0.717, 1.165) is 18.7 Å². The lowest BCUT2D eigenvalue weighted by atomic mass is 10.2. The number of thioether (sulfide) groups is 1. The monoisotopic (exact) mass is 341 g/mol. The molecule has 0 spiro atoms. The maximum atomic E-state index is 5.35. The maximum Gasteiger partial charge on any atom is 0.203 e. The Hall–Kier alpha value is -1.76. The number of guanidine groups is 1. The van der Waals surface area contributed by atoms with Crippen molar-refractivity contribution in [3.05, 3.63) is 12.1 Å². The Morgan fingerprint density at radius 3 is 2.22 bits per heavy atom. The number of nitrogens with one attached hydrogen (secondary N) is 2. The topological polar surface area (TPSA) is 64.1 Å². The lowest BCUT2D eigenvalue weighted by Gasteiger charge is -2.16. The largest absolute Gasteiger partial charge is 0.493 e. The smallest absolute Gasteiger partial charge is 0.203 e. The normalized spacial score (nSPS) is 11.1. The molecule has 1 aromatic rings. The number of aliphatic imine (C=N–C) groups is 1.